The molecule has 1 aromatic rings. The molecule has 1 saturated heterocycles. The van der Waals surface area contributed by atoms with Gasteiger partial charge in [-0.1, -0.05) is 18.6 Å². The highest BCUT2D eigenvalue weighted by Crippen LogP contribution is 2.31. The van der Waals surface area contributed by atoms with Crippen LogP contribution in [0, 0.1) is 5.92 Å². The van der Waals surface area contributed by atoms with Crippen LogP contribution >= 0.6 is 15.9 Å². The number of carbonyl (C=O) groups is 3. The number of hydrogen-bond donors (Lipinski definition) is 2. The van der Waals surface area contributed by atoms with Crippen molar-refractivity contribution in [2.45, 2.75) is 32.1 Å². The number of rotatable bonds is 8. The Morgan fingerprint density at radius 1 is 1.25 bits per heavy atom. The number of benzene rings is 1. The van der Waals surface area contributed by atoms with E-state index in [1.54, 1.807) is 4.90 Å². The number of nitrogens with zero attached hydrogens (tertiary/aromatic N) is 1. The van der Waals surface area contributed by atoms with Crippen LogP contribution in [-0.4, -0.2) is 36.0 Å². The third-order valence-corrected chi connectivity index (χ3v) is 4.68. The van der Waals surface area contributed by atoms with Gasteiger partial charge in [-0.15, -0.1) is 0 Å². The van der Waals surface area contributed by atoms with Gasteiger partial charge in [-0.05, 0) is 40.9 Å². The van der Waals surface area contributed by atoms with Gasteiger partial charge in [0.1, 0.15) is 0 Å². The lowest BCUT2D eigenvalue weighted by atomic mass is 10.1. The van der Waals surface area contributed by atoms with E-state index in [4.69, 9.17) is 5.11 Å². The fourth-order valence-electron chi connectivity index (χ4n) is 2.72. The number of carboxylic acids is 1. The van der Waals surface area contributed by atoms with Gasteiger partial charge in [-0.3, -0.25) is 14.4 Å². The number of amides is 2. The van der Waals surface area contributed by atoms with Crippen LogP contribution in [0.3, 0.4) is 0 Å². The van der Waals surface area contributed by atoms with E-state index in [0.29, 0.717) is 19.5 Å². The zero-order chi connectivity index (χ0) is 17.5. The molecule has 2 rings (SSSR count). The number of carboxylic acid groups (broad SMARTS) is 1. The maximum Gasteiger partial charge on any atom is 0.303 e. The summed E-state index contributed by atoms with van der Waals surface area (Å²) in [5, 5.41) is 11.4. The predicted octanol–water partition coefficient (Wildman–Crippen LogP) is 2.56. The Balaban J connectivity index is 1.77. The van der Waals surface area contributed by atoms with E-state index >= 15 is 0 Å². The Bertz CT molecular complexity index is 620. The minimum Gasteiger partial charge on any atom is -0.481 e. The van der Waals surface area contributed by atoms with Gasteiger partial charge in [0, 0.05) is 30.4 Å². The zero-order valence-corrected chi connectivity index (χ0v) is 14.9. The summed E-state index contributed by atoms with van der Waals surface area (Å²) in [6, 6.07) is 7.46. The van der Waals surface area contributed by atoms with Gasteiger partial charge in [0.25, 0.3) is 0 Å². The molecule has 1 aliphatic rings. The maximum atomic E-state index is 12.2. The van der Waals surface area contributed by atoms with Gasteiger partial charge in [0.05, 0.1) is 11.6 Å². The summed E-state index contributed by atoms with van der Waals surface area (Å²) < 4.78 is 0.831. The van der Waals surface area contributed by atoms with Crippen LogP contribution in [-0.2, 0) is 14.4 Å². The molecule has 2 N–H and O–H groups in total. The summed E-state index contributed by atoms with van der Waals surface area (Å²) in [5.41, 5.74) is 0.784. The van der Waals surface area contributed by atoms with Gasteiger partial charge in [0.15, 0.2) is 0 Å². The fraction of sp³-hybridized carbons (Fsp3) is 0.471. The molecule has 0 bridgehead atoms. The van der Waals surface area contributed by atoms with Crippen LogP contribution < -0.4 is 10.2 Å². The van der Waals surface area contributed by atoms with Crippen molar-refractivity contribution in [1.29, 1.82) is 0 Å². The first-order valence-electron chi connectivity index (χ1n) is 8.03. The minimum absolute atomic E-state index is 0.0523. The third kappa shape index (κ3) is 5.06. The van der Waals surface area contributed by atoms with E-state index < -0.39 is 5.97 Å². The van der Waals surface area contributed by atoms with E-state index in [1.165, 1.54) is 0 Å². The fourth-order valence-corrected chi connectivity index (χ4v) is 3.22. The van der Waals surface area contributed by atoms with Gasteiger partial charge >= 0.3 is 5.97 Å². The Labute approximate surface area is 149 Å². The number of nitrogens with one attached hydrogen (secondary N) is 1. The van der Waals surface area contributed by atoms with Crippen molar-refractivity contribution in [3.8, 4) is 0 Å². The van der Waals surface area contributed by atoms with Crippen molar-refractivity contribution < 1.29 is 19.5 Å². The van der Waals surface area contributed by atoms with E-state index in [1.807, 2.05) is 24.3 Å². The maximum absolute atomic E-state index is 12.2. The summed E-state index contributed by atoms with van der Waals surface area (Å²) in [7, 11) is 0. The first kappa shape index (κ1) is 18.4. The van der Waals surface area contributed by atoms with Crippen molar-refractivity contribution in [3.05, 3.63) is 28.7 Å². The Morgan fingerprint density at radius 2 is 2.00 bits per heavy atom. The summed E-state index contributed by atoms with van der Waals surface area (Å²) >= 11 is 3.43. The lowest BCUT2D eigenvalue weighted by Crippen LogP contribution is -2.33. The molecule has 7 heteroatoms. The average molecular weight is 397 g/mol. The normalized spacial score (nSPS) is 17.1. The van der Waals surface area contributed by atoms with Crippen molar-refractivity contribution in [2.24, 2.45) is 5.92 Å². The molecule has 1 aliphatic heterocycles. The molecule has 0 radical (unpaired) electrons. The van der Waals surface area contributed by atoms with Crippen LogP contribution in [0.25, 0.3) is 0 Å². The second-order valence-electron chi connectivity index (χ2n) is 5.85. The van der Waals surface area contributed by atoms with Crippen molar-refractivity contribution >= 4 is 39.4 Å². The molecule has 0 aliphatic carbocycles. The topological polar surface area (TPSA) is 86.7 Å². The zero-order valence-electron chi connectivity index (χ0n) is 13.3. The molecule has 0 spiro atoms. The van der Waals surface area contributed by atoms with Crippen molar-refractivity contribution in [1.82, 2.24) is 5.32 Å². The lowest BCUT2D eigenvalue weighted by Gasteiger charge is -2.18. The molecule has 1 unspecified atom stereocenters. The number of carbonyl (C=O) groups excluding carboxylic acids is 2. The molecule has 1 atom stereocenters. The van der Waals surface area contributed by atoms with E-state index in [9.17, 15) is 14.4 Å². The number of aliphatic carboxylic acids is 1. The molecular weight excluding hydrogens is 376 g/mol. The average Bonchev–Trinajstić information content (AvgIpc) is 2.92. The lowest BCUT2D eigenvalue weighted by molar-refractivity contribution is -0.137. The third-order valence-electron chi connectivity index (χ3n) is 4.01. The van der Waals surface area contributed by atoms with Crippen LogP contribution in [0.15, 0.2) is 28.7 Å². The summed E-state index contributed by atoms with van der Waals surface area (Å²) in [4.78, 5) is 36.4. The second kappa shape index (κ2) is 8.82. The first-order valence-corrected chi connectivity index (χ1v) is 8.82. The Kier molecular flexibility index (Phi) is 6.78. The predicted molar refractivity (Wildman–Crippen MR) is 93.7 cm³/mol. The highest BCUT2D eigenvalue weighted by molar-refractivity contribution is 9.10. The van der Waals surface area contributed by atoms with Crippen LogP contribution in [0.1, 0.15) is 32.1 Å². The summed E-state index contributed by atoms with van der Waals surface area (Å²) in [6.07, 6.45) is 2.49. The molecule has 0 saturated carbocycles. The van der Waals surface area contributed by atoms with Crippen molar-refractivity contribution in [3.63, 3.8) is 0 Å². The molecule has 1 heterocycles. The molecule has 1 aromatic carbocycles. The molecule has 6 nitrogen and oxygen atoms in total. The highest BCUT2D eigenvalue weighted by Gasteiger charge is 2.35. The van der Waals surface area contributed by atoms with Crippen LogP contribution in [0.4, 0.5) is 5.69 Å². The number of anilines is 1. The second-order valence-corrected chi connectivity index (χ2v) is 6.71. The van der Waals surface area contributed by atoms with Gasteiger partial charge in [0.2, 0.25) is 11.8 Å². The van der Waals surface area contributed by atoms with Gasteiger partial charge in [-0.2, -0.15) is 0 Å². The van der Waals surface area contributed by atoms with Crippen LogP contribution in [0.2, 0.25) is 0 Å². The van der Waals surface area contributed by atoms with Gasteiger partial charge in [-0.25, -0.2) is 0 Å². The molecule has 1 fully saturated rings. The van der Waals surface area contributed by atoms with E-state index in [2.05, 4.69) is 21.2 Å². The molecule has 0 aromatic heterocycles. The highest BCUT2D eigenvalue weighted by atomic mass is 79.9. The largest absolute Gasteiger partial charge is 0.481 e. The number of hydrogen-bond acceptors (Lipinski definition) is 3. The molecule has 24 heavy (non-hydrogen) atoms. The Morgan fingerprint density at radius 3 is 2.71 bits per heavy atom. The van der Waals surface area contributed by atoms with Crippen molar-refractivity contribution in [2.75, 3.05) is 18.0 Å². The smallest absolute Gasteiger partial charge is 0.303 e. The van der Waals surface area contributed by atoms with E-state index in [-0.39, 0.29) is 30.6 Å². The monoisotopic (exact) mass is 396 g/mol. The quantitative estimate of drug-likeness (QED) is 0.661. The van der Waals surface area contributed by atoms with Gasteiger partial charge < -0.3 is 15.3 Å². The molecule has 2 amide bonds. The summed E-state index contributed by atoms with van der Waals surface area (Å²) in [5.74, 6) is -1.31. The van der Waals surface area contributed by atoms with Crippen LogP contribution in [0.5, 0.6) is 0 Å². The molecule has 130 valence electrons. The number of halogens is 1. The Hall–Kier alpha value is -1.89. The number of para-hydroxylation sites is 1. The number of unbranched alkanes of at least 4 members (excludes halogenated alkanes) is 2. The standard InChI is InChI=1S/C17H21BrN2O4/c18-13-6-3-4-7-14(13)20-11-12(10-15(20)21)17(24)19-9-5-1-2-8-16(22)23/h3-4,6-7,12H,1-2,5,8-11H2,(H,19,24)(H,22,23). The molecular formula is C17H21BrN2O4. The minimum atomic E-state index is -0.796. The first-order chi connectivity index (χ1) is 11.5. The summed E-state index contributed by atoms with van der Waals surface area (Å²) in [6.45, 7) is 0.893. The SMILES string of the molecule is O=C(O)CCCCCNC(=O)C1CC(=O)N(c2ccccc2Br)C1. The van der Waals surface area contributed by atoms with E-state index in [0.717, 1.165) is 23.0 Å².